The molecule has 8 nitrogen and oxygen atoms in total. The number of hydrogen-bond donors (Lipinski definition) is 3. The second-order valence-corrected chi connectivity index (χ2v) is 8.68. The highest BCUT2D eigenvalue weighted by molar-refractivity contribution is 7.17. The van der Waals surface area contributed by atoms with Crippen LogP contribution >= 0.6 is 22.7 Å². The standard InChI is InChI=1S/C19H21N3O5S2/c1-9(16(25)22-17-12(15(20)24)7-8-28-17)27-19(26)14-11-5-3-4-6-13(11)29-18(14)21-10(2)23/h7-9H,3-6H2,1-2H3,(H2,20,24)(H,21,23)(H,22,25)/t9-/m0/s1. The number of anilines is 2. The molecule has 4 N–H and O–H groups in total. The van der Waals surface area contributed by atoms with Crippen molar-refractivity contribution in [2.24, 2.45) is 5.73 Å². The molecule has 0 aromatic carbocycles. The predicted octanol–water partition coefficient (Wildman–Crippen LogP) is 2.93. The molecule has 1 aliphatic carbocycles. The number of thiophene rings is 2. The van der Waals surface area contributed by atoms with Gasteiger partial charge in [-0.15, -0.1) is 22.7 Å². The maximum absolute atomic E-state index is 12.9. The minimum Gasteiger partial charge on any atom is -0.449 e. The first kappa shape index (κ1) is 21.0. The van der Waals surface area contributed by atoms with Crippen molar-refractivity contribution in [2.45, 2.75) is 45.6 Å². The molecular weight excluding hydrogens is 414 g/mol. The number of fused-ring (bicyclic) bond motifs is 1. The van der Waals surface area contributed by atoms with E-state index in [0.717, 1.165) is 47.5 Å². The number of rotatable bonds is 6. The predicted molar refractivity (Wildman–Crippen MR) is 112 cm³/mol. The molecular formula is C19H21N3O5S2. The molecule has 3 rings (SSSR count). The van der Waals surface area contributed by atoms with E-state index in [4.69, 9.17) is 10.5 Å². The Balaban J connectivity index is 1.76. The first-order valence-electron chi connectivity index (χ1n) is 9.09. The van der Waals surface area contributed by atoms with Gasteiger partial charge in [0.1, 0.15) is 10.0 Å². The van der Waals surface area contributed by atoms with Gasteiger partial charge in [-0.1, -0.05) is 0 Å². The quantitative estimate of drug-likeness (QED) is 0.601. The normalized spacial score (nSPS) is 13.9. The Morgan fingerprint density at radius 3 is 2.55 bits per heavy atom. The zero-order valence-electron chi connectivity index (χ0n) is 16.0. The van der Waals surface area contributed by atoms with Gasteiger partial charge in [-0.05, 0) is 49.6 Å². The average molecular weight is 436 g/mol. The summed E-state index contributed by atoms with van der Waals surface area (Å²) in [6, 6.07) is 1.51. The van der Waals surface area contributed by atoms with Gasteiger partial charge in [0.15, 0.2) is 6.10 Å². The number of carbonyl (C=O) groups is 4. The molecule has 2 aromatic rings. The van der Waals surface area contributed by atoms with E-state index < -0.39 is 23.9 Å². The number of primary amides is 1. The van der Waals surface area contributed by atoms with Gasteiger partial charge in [-0.3, -0.25) is 14.4 Å². The summed E-state index contributed by atoms with van der Waals surface area (Å²) in [5.41, 5.74) is 6.68. The molecule has 0 unspecified atom stereocenters. The third-order valence-corrected chi connectivity index (χ3v) is 6.52. The van der Waals surface area contributed by atoms with E-state index in [1.54, 1.807) is 5.38 Å². The van der Waals surface area contributed by atoms with Gasteiger partial charge in [-0.25, -0.2) is 4.79 Å². The number of nitrogens with one attached hydrogen (secondary N) is 2. The summed E-state index contributed by atoms with van der Waals surface area (Å²) >= 11 is 2.53. The van der Waals surface area contributed by atoms with Crippen molar-refractivity contribution in [3.63, 3.8) is 0 Å². The molecule has 0 bridgehead atoms. The number of aryl methyl sites for hydroxylation is 1. The van der Waals surface area contributed by atoms with Gasteiger partial charge in [-0.2, -0.15) is 0 Å². The summed E-state index contributed by atoms with van der Waals surface area (Å²) < 4.78 is 5.39. The fraction of sp³-hybridized carbons (Fsp3) is 0.368. The van der Waals surface area contributed by atoms with Crippen molar-refractivity contribution in [3.8, 4) is 0 Å². The molecule has 0 radical (unpaired) electrons. The topological polar surface area (TPSA) is 128 Å². The van der Waals surface area contributed by atoms with Crippen molar-refractivity contribution < 1.29 is 23.9 Å². The highest BCUT2D eigenvalue weighted by Gasteiger charge is 2.29. The minimum atomic E-state index is -1.10. The average Bonchev–Trinajstić information content (AvgIpc) is 3.24. The van der Waals surface area contributed by atoms with Crippen molar-refractivity contribution in [1.29, 1.82) is 0 Å². The highest BCUT2D eigenvalue weighted by atomic mass is 32.1. The Hall–Kier alpha value is -2.72. The lowest BCUT2D eigenvalue weighted by atomic mass is 9.95. The highest BCUT2D eigenvalue weighted by Crippen LogP contribution is 2.38. The molecule has 10 heteroatoms. The maximum Gasteiger partial charge on any atom is 0.342 e. The number of carbonyl (C=O) groups excluding carboxylic acids is 4. The van der Waals surface area contributed by atoms with E-state index in [9.17, 15) is 19.2 Å². The third kappa shape index (κ3) is 4.65. The Labute approximate surface area is 175 Å². The first-order chi connectivity index (χ1) is 13.8. The number of nitrogens with two attached hydrogens (primary N) is 1. The summed E-state index contributed by atoms with van der Waals surface area (Å²) in [6.45, 7) is 2.82. The lowest BCUT2D eigenvalue weighted by Crippen LogP contribution is -2.31. The lowest BCUT2D eigenvalue weighted by Gasteiger charge is -2.16. The molecule has 1 aliphatic rings. The van der Waals surface area contributed by atoms with Crippen LogP contribution in [0.3, 0.4) is 0 Å². The van der Waals surface area contributed by atoms with Gasteiger partial charge in [0.25, 0.3) is 11.8 Å². The second-order valence-electron chi connectivity index (χ2n) is 6.66. The van der Waals surface area contributed by atoms with Crippen LogP contribution in [0, 0.1) is 0 Å². The summed E-state index contributed by atoms with van der Waals surface area (Å²) in [5.74, 6) is -2.17. The molecule has 0 aliphatic heterocycles. The maximum atomic E-state index is 12.9. The zero-order chi connectivity index (χ0) is 21.1. The van der Waals surface area contributed by atoms with Gasteiger partial charge in [0.05, 0.1) is 11.1 Å². The van der Waals surface area contributed by atoms with Crippen LogP contribution < -0.4 is 16.4 Å². The monoisotopic (exact) mass is 435 g/mol. The van der Waals surface area contributed by atoms with E-state index >= 15 is 0 Å². The van der Waals surface area contributed by atoms with E-state index in [0.29, 0.717) is 15.6 Å². The van der Waals surface area contributed by atoms with Crippen molar-refractivity contribution in [1.82, 2.24) is 0 Å². The zero-order valence-corrected chi connectivity index (χ0v) is 17.6. The molecule has 1 atom stereocenters. The number of ether oxygens (including phenoxy) is 1. The lowest BCUT2D eigenvalue weighted by molar-refractivity contribution is -0.123. The molecule has 0 fully saturated rings. The van der Waals surface area contributed by atoms with Gasteiger partial charge >= 0.3 is 5.97 Å². The molecule has 0 saturated heterocycles. The Bertz CT molecular complexity index is 979. The second kappa shape index (κ2) is 8.75. The summed E-state index contributed by atoms with van der Waals surface area (Å²) in [5, 5.41) is 7.65. The van der Waals surface area contributed by atoms with Crippen LogP contribution in [0.2, 0.25) is 0 Å². The molecule has 154 valence electrons. The van der Waals surface area contributed by atoms with Crippen LogP contribution in [-0.4, -0.2) is 29.8 Å². The minimum absolute atomic E-state index is 0.196. The first-order valence-corrected chi connectivity index (χ1v) is 10.8. The summed E-state index contributed by atoms with van der Waals surface area (Å²) in [6.07, 6.45) is 2.46. The Kier molecular flexibility index (Phi) is 6.33. The van der Waals surface area contributed by atoms with E-state index in [1.165, 1.54) is 31.3 Å². The molecule has 29 heavy (non-hydrogen) atoms. The van der Waals surface area contributed by atoms with E-state index in [1.807, 2.05) is 0 Å². The van der Waals surface area contributed by atoms with Gasteiger partial charge in [0, 0.05) is 11.8 Å². The van der Waals surface area contributed by atoms with Gasteiger partial charge in [0.2, 0.25) is 5.91 Å². The van der Waals surface area contributed by atoms with Crippen LogP contribution in [0.5, 0.6) is 0 Å². The van der Waals surface area contributed by atoms with E-state index in [2.05, 4.69) is 10.6 Å². The van der Waals surface area contributed by atoms with Crippen LogP contribution in [0.4, 0.5) is 10.0 Å². The van der Waals surface area contributed by atoms with Crippen LogP contribution in [0.1, 0.15) is 57.8 Å². The number of esters is 1. The van der Waals surface area contributed by atoms with Crippen molar-refractivity contribution in [3.05, 3.63) is 33.0 Å². The number of hydrogen-bond acceptors (Lipinski definition) is 7. The summed E-state index contributed by atoms with van der Waals surface area (Å²) in [4.78, 5) is 49.3. The van der Waals surface area contributed by atoms with Crippen molar-refractivity contribution in [2.75, 3.05) is 10.6 Å². The number of amides is 3. The van der Waals surface area contributed by atoms with Crippen molar-refractivity contribution >= 4 is 56.4 Å². The summed E-state index contributed by atoms with van der Waals surface area (Å²) in [7, 11) is 0. The van der Waals surface area contributed by atoms with Crippen LogP contribution in [0.25, 0.3) is 0 Å². The molecule has 2 aromatic heterocycles. The molecule has 0 saturated carbocycles. The SMILES string of the molecule is CC(=O)Nc1sc2c(c1C(=O)O[C@@H](C)C(=O)Nc1sccc1C(N)=O)CCCC2. The molecule has 0 spiro atoms. The largest absolute Gasteiger partial charge is 0.449 e. The van der Waals surface area contributed by atoms with E-state index in [-0.39, 0.29) is 11.5 Å². The Morgan fingerprint density at radius 1 is 1.14 bits per heavy atom. The fourth-order valence-electron chi connectivity index (χ4n) is 3.12. The third-order valence-electron chi connectivity index (χ3n) is 4.49. The molecule has 3 amide bonds. The Morgan fingerprint density at radius 2 is 1.86 bits per heavy atom. The molecule has 2 heterocycles. The van der Waals surface area contributed by atoms with Crippen LogP contribution in [0.15, 0.2) is 11.4 Å². The fourth-order valence-corrected chi connectivity index (χ4v) is 5.24. The van der Waals surface area contributed by atoms with Gasteiger partial charge < -0.3 is 21.1 Å². The van der Waals surface area contributed by atoms with Crippen LogP contribution in [-0.2, 0) is 27.2 Å². The smallest absolute Gasteiger partial charge is 0.342 e.